The molecule has 0 aromatic heterocycles. The van der Waals surface area contributed by atoms with Crippen molar-refractivity contribution in [1.29, 1.82) is 0 Å². The van der Waals surface area contributed by atoms with Crippen molar-refractivity contribution in [2.45, 2.75) is 19.4 Å². The van der Waals surface area contributed by atoms with Crippen molar-refractivity contribution in [1.82, 2.24) is 4.90 Å². The normalized spacial score (nSPS) is 20.5. The Bertz CT molecular complexity index is 454. The molecule has 102 valence electrons. The van der Waals surface area contributed by atoms with Gasteiger partial charge in [0.05, 0.1) is 6.10 Å². The minimum absolute atomic E-state index is 0.0363. The van der Waals surface area contributed by atoms with Crippen LogP contribution in [0, 0.1) is 0 Å². The maximum absolute atomic E-state index is 12.1. The van der Waals surface area contributed by atoms with Crippen LogP contribution < -0.4 is 5.73 Å². The van der Waals surface area contributed by atoms with Crippen LogP contribution in [0.1, 0.15) is 18.9 Å². The lowest BCUT2D eigenvalue weighted by molar-refractivity contribution is -0.126. The van der Waals surface area contributed by atoms with E-state index in [2.05, 4.69) is 0 Å². The molecule has 1 aromatic carbocycles. The van der Waals surface area contributed by atoms with Crippen molar-refractivity contribution in [2.75, 3.05) is 25.4 Å². The van der Waals surface area contributed by atoms with Gasteiger partial charge in [0.25, 0.3) is 0 Å². The number of nitrogen functional groups attached to an aromatic ring is 1. The molecule has 1 aliphatic heterocycles. The van der Waals surface area contributed by atoms with E-state index in [1.165, 1.54) is 0 Å². The summed E-state index contributed by atoms with van der Waals surface area (Å²) in [6.45, 7) is 4.14. The van der Waals surface area contributed by atoms with Crippen molar-refractivity contribution >= 4 is 17.7 Å². The van der Waals surface area contributed by atoms with Gasteiger partial charge in [0.1, 0.15) is 0 Å². The predicted octanol–water partition coefficient (Wildman–Crippen LogP) is 1.92. The summed E-state index contributed by atoms with van der Waals surface area (Å²) < 4.78 is 5.53. The molecule has 1 fully saturated rings. The predicted molar refractivity (Wildman–Crippen MR) is 76.5 cm³/mol. The third-order valence-corrected chi connectivity index (χ3v) is 3.12. The second-order valence-electron chi connectivity index (χ2n) is 4.82. The second kappa shape index (κ2) is 6.38. The Morgan fingerprint density at radius 2 is 2.16 bits per heavy atom. The zero-order valence-electron chi connectivity index (χ0n) is 11.2. The molecule has 0 bridgehead atoms. The molecule has 1 heterocycles. The Hall–Kier alpha value is -1.81. The third kappa shape index (κ3) is 4.10. The van der Waals surface area contributed by atoms with Crippen molar-refractivity contribution in [3.63, 3.8) is 0 Å². The fourth-order valence-corrected chi connectivity index (χ4v) is 2.07. The van der Waals surface area contributed by atoms with Gasteiger partial charge in [-0.1, -0.05) is 12.1 Å². The van der Waals surface area contributed by atoms with E-state index >= 15 is 0 Å². The smallest absolute Gasteiger partial charge is 0.246 e. The molecule has 1 aromatic rings. The number of carbonyl (C=O) groups excluding carboxylic acids is 1. The molecule has 1 atom stereocenters. The number of benzene rings is 1. The molecule has 0 spiro atoms. The molecule has 4 heteroatoms. The van der Waals surface area contributed by atoms with Crippen LogP contribution in [0.3, 0.4) is 0 Å². The van der Waals surface area contributed by atoms with Crippen molar-refractivity contribution in [3.05, 3.63) is 35.9 Å². The van der Waals surface area contributed by atoms with E-state index in [0.29, 0.717) is 6.54 Å². The first-order chi connectivity index (χ1) is 9.15. The van der Waals surface area contributed by atoms with Crippen molar-refractivity contribution in [3.8, 4) is 0 Å². The highest BCUT2D eigenvalue weighted by Gasteiger charge is 2.17. The van der Waals surface area contributed by atoms with Crippen molar-refractivity contribution < 1.29 is 9.53 Å². The van der Waals surface area contributed by atoms with Crippen molar-refractivity contribution in [2.24, 2.45) is 0 Å². The van der Waals surface area contributed by atoms with E-state index in [1.54, 1.807) is 6.08 Å². The molecule has 2 N–H and O–H groups in total. The average molecular weight is 260 g/mol. The lowest BCUT2D eigenvalue weighted by Gasteiger charge is -2.20. The Labute approximate surface area is 113 Å². The number of amides is 1. The van der Waals surface area contributed by atoms with Crippen LogP contribution in [-0.2, 0) is 9.53 Å². The lowest BCUT2D eigenvalue weighted by Crippen LogP contribution is -2.34. The van der Waals surface area contributed by atoms with Crippen LogP contribution in [0.5, 0.6) is 0 Å². The third-order valence-electron chi connectivity index (χ3n) is 3.12. The monoisotopic (exact) mass is 260 g/mol. The molecule has 1 aliphatic rings. The molecule has 1 saturated heterocycles. The molecule has 0 radical (unpaired) electrons. The van der Waals surface area contributed by atoms with Crippen LogP contribution >= 0.6 is 0 Å². The molecular formula is C15H20N2O2. The molecule has 0 saturated carbocycles. The molecule has 1 amide bonds. The van der Waals surface area contributed by atoms with Gasteiger partial charge in [0.15, 0.2) is 0 Å². The number of ether oxygens (including phenoxy) is 1. The van der Waals surface area contributed by atoms with Gasteiger partial charge >= 0.3 is 0 Å². The first kappa shape index (κ1) is 13.6. The van der Waals surface area contributed by atoms with Gasteiger partial charge < -0.3 is 15.4 Å². The van der Waals surface area contributed by atoms with Gasteiger partial charge in [-0.05, 0) is 37.1 Å². The first-order valence-corrected chi connectivity index (χ1v) is 6.59. The van der Waals surface area contributed by atoms with Gasteiger partial charge in [0.2, 0.25) is 5.91 Å². The summed E-state index contributed by atoms with van der Waals surface area (Å²) >= 11 is 0. The zero-order chi connectivity index (χ0) is 13.7. The summed E-state index contributed by atoms with van der Waals surface area (Å²) in [7, 11) is 0. The molecule has 4 nitrogen and oxygen atoms in total. The van der Waals surface area contributed by atoms with Crippen LogP contribution in [-0.4, -0.2) is 36.6 Å². The standard InChI is InChI=1S/C15H20N2O2/c1-12-11-17(9-2-10-19-12)15(18)8-5-13-3-6-14(16)7-4-13/h3-8,12H,2,9-11,16H2,1H3/b8-5+. The Balaban J connectivity index is 1.97. The lowest BCUT2D eigenvalue weighted by atomic mass is 10.2. The fourth-order valence-electron chi connectivity index (χ4n) is 2.07. The minimum atomic E-state index is 0.0363. The number of hydrogen-bond donors (Lipinski definition) is 1. The number of nitrogens with two attached hydrogens (primary N) is 1. The van der Waals surface area contributed by atoms with E-state index < -0.39 is 0 Å². The minimum Gasteiger partial charge on any atom is -0.399 e. The number of nitrogens with zero attached hydrogens (tertiary/aromatic N) is 1. The van der Waals surface area contributed by atoms with Crippen LogP contribution in [0.15, 0.2) is 30.3 Å². The highest BCUT2D eigenvalue weighted by molar-refractivity contribution is 5.91. The summed E-state index contributed by atoms with van der Waals surface area (Å²) in [5, 5.41) is 0. The number of carbonyl (C=O) groups is 1. The summed E-state index contributed by atoms with van der Waals surface area (Å²) in [5.41, 5.74) is 7.32. The summed E-state index contributed by atoms with van der Waals surface area (Å²) in [6, 6.07) is 7.44. The van der Waals surface area contributed by atoms with Gasteiger partial charge in [0, 0.05) is 31.5 Å². The Morgan fingerprint density at radius 3 is 2.89 bits per heavy atom. The Morgan fingerprint density at radius 1 is 1.42 bits per heavy atom. The van der Waals surface area contributed by atoms with Gasteiger partial charge in [-0.25, -0.2) is 0 Å². The van der Waals surface area contributed by atoms with Gasteiger partial charge in [-0.3, -0.25) is 4.79 Å². The largest absolute Gasteiger partial charge is 0.399 e. The highest BCUT2D eigenvalue weighted by Crippen LogP contribution is 2.09. The molecule has 19 heavy (non-hydrogen) atoms. The van der Waals surface area contributed by atoms with Crippen LogP contribution in [0.2, 0.25) is 0 Å². The zero-order valence-corrected chi connectivity index (χ0v) is 11.2. The highest BCUT2D eigenvalue weighted by atomic mass is 16.5. The average Bonchev–Trinajstić information content (AvgIpc) is 2.62. The van der Waals surface area contributed by atoms with Gasteiger partial charge in [-0.15, -0.1) is 0 Å². The maximum Gasteiger partial charge on any atom is 0.246 e. The van der Waals surface area contributed by atoms with Gasteiger partial charge in [-0.2, -0.15) is 0 Å². The quantitative estimate of drug-likeness (QED) is 0.653. The summed E-state index contributed by atoms with van der Waals surface area (Å²) in [6.07, 6.45) is 4.43. The van der Waals surface area contributed by atoms with Crippen LogP contribution in [0.4, 0.5) is 5.69 Å². The van der Waals surface area contributed by atoms with E-state index in [1.807, 2.05) is 42.2 Å². The van der Waals surface area contributed by atoms with E-state index in [0.717, 1.165) is 30.8 Å². The SMILES string of the molecule is CC1CN(C(=O)/C=C/c2ccc(N)cc2)CCCO1. The van der Waals surface area contributed by atoms with E-state index in [9.17, 15) is 4.79 Å². The Kier molecular flexibility index (Phi) is 4.58. The second-order valence-corrected chi connectivity index (χ2v) is 4.82. The number of anilines is 1. The molecular weight excluding hydrogens is 240 g/mol. The molecule has 1 unspecified atom stereocenters. The van der Waals surface area contributed by atoms with Crippen LogP contribution in [0.25, 0.3) is 6.08 Å². The maximum atomic E-state index is 12.1. The number of hydrogen-bond acceptors (Lipinski definition) is 3. The number of rotatable bonds is 2. The fraction of sp³-hybridized carbons (Fsp3) is 0.400. The molecule has 2 rings (SSSR count). The summed E-state index contributed by atoms with van der Waals surface area (Å²) in [5.74, 6) is 0.0363. The van der Waals surface area contributed by atoms with E-state index in [4.69, 9.17) is 10.5 Å². The first-order valence-electron chi connectivity index (χ1n) is 6.59. The topological polar surface area (TPSA) is 55.6 Å². The van der Waals surface area contributed by atoms with E-state index in [-0.39, 0.29) is 12.0 Å². The molecule has 0 aliphatic carbocycles. The summed E-state index contributed by atoms with van der Waals surface area (Å²) in [4.78, 5) is 13.9.